The van der Waals surface area contributed by atoms with Gasteiger partial charge in [0.15, 0.2) is 0 Å². The Bertz CT molecular complexity index is 634. The summed E-state index contributed by atoms with van der Waals surface area (Å²) in [5.41, 5.74) is 4.75. The van der Waals surface area contributed by atoms with Crippen molar-refractivity contribution in [2.45, 2.75) is 26.4 Å². The van der Waals surface area contributed by atoms with Gasteiger partial charge in [0.1, 0.15) is 29.3 Å². The van der Waals surface area contributed by atoms with Crippen LogP contribution in [0.2, 0.25) is 0 Å². The number of nitrogens with one attached hydrogen (secondary N) is 2. The first kappa shape index (κ1) is 13.6. The lowest BCUT2D eigenvalue weighted by Gasteiger charge is -2.15. The normalized spacial score (nSPS) is 16.2. The molecule has 0 saturated heterocycles. The molecule has 0 saturated carbocycles. The second-order valence-corrected chi connectivity index (χ2v) is 5.17. The van der Waals surface area contributed by atoms with Crippen molar-refractivity contribution in [3.8, 4) is 5.75 Å². The van der Waals surface area contributed by atoms with E-state index in [1.165, 1.54) is 5.56 Å². The molecule has 0 amide bonds. The lowest BCUT2D eigenvalue weighted by Crippen LogP contribution is -2.25. The van der Waals surface area contributed by atoms with E-state index in [2.05, 4.69) is 26.8 Å². The van der Waals surface area contributed by atoms with Crippen LogP contribution in [0.4, 0.5) is 11.6 Å². The predicted molar refractivity (Wildman–Crippen MR) is 82.4 cm³/mol. The summed E-state index contributed by atoms with van der Waals surface area (Å²) in [6.45, 7) is 4.46. The lowest BCUT2D eigenvalue weighted by atomic mass is 10.1. The molecule has 1 aromatic heterocycles. The number of fused-ring (bicyclic) bond motifs is 1. The molecule has 1 aromatic carbocycles. The van der Waals surface area contributed by atoms with Gasteiger partial charge in [-0.2, -0.15) is 0 Å². The van der Waals surface area contributed by atoms with Gasteiger partial charge in [0.25, 0.3) is 0 Å². The van der Waals surface area contributed by atoms with Crippen LogP contribution >= 0.6 is 0 Å². The smallest absolute Gasteiger partial charge is 0.148 e. The van der Waals surface area contributed by atoms with Crippen molar-refractivity contribution < 1.29 is 4.74 Å². The topological polar surface area (TPSA) is 85.1 Å². The summed E-state index contributed by atoms with van der Waals surface area (Å²) < 4.78 is 5.91. The SMILES string of the molecule is Cc1nc(NN)c(C)c(NCC2Cc3ccccc3O2)n1. The third-order valence-electron chi connectivity index (χ3n) is 3.61. The van der Waals surface area contributed by atoms with Gasteiger partial charge in [-0.1, -0.05) is 18.2 Å². The Morgan fingerprint density at radius 2 is 2.00 bits per heavy atom. The van der Waals surface area contributed by atoms with Crippen LogP contribution < -0.4 is 21.3 Å². The molecule has 4 N–H and O–H groups in total. The second-order valence-electron chi connectivity index (χ2n) is 5.17. The van der Waals surface area contributed by atoms with E-state index >= 15 is 0 Å². The van der Waals surface area contributed by atoms with E-state index in [0.717, 1.165) is 23.6 Å². The van der Waals surface area contributed by atoms with Crippen molar-refractivity contribution >= 4 is 11.6 Å². The van der Waals surface area contributed by atoms with Crippen molar-refractivity contribution in [3.63, 3.8) is 0 Å². The molecule has 0 bridgehead atoms. The molecular formula is C15H19N5O. The maximum absolute atomic E-state index is 5.91. The number of para-hydroxylation sites is 1. The standard InChI is InChI=1S/C15H19N5O/c1-9-14(18-10(2)19-15(9)20-16)17-8-12-7-11-5-3-4-6-13(11)21-12/h3-6,12H,7-8,16H2,1-2H3,(H2,17,18,19,20). The summed E-state index contributed by atoms with van der Waals surface area (Å²) in [6, 6.07) is 8.14. The van der Waals surface area contributed by atoms with Gasteiger partial charge in [-0.3, -0.25) is 0 Å². The number of nitrogen functional groups attached to an aromatic ring is 1. The summed E-state index contributed by atoms with van der Waals surface area (Å²) in [4.78, 5) is 8.66. The minimum Gasteiger partial charge on any atom is -0.488 e. The Kier molecular flexibility index (Phi) is 3.62. The Labute approximate surface area is 123 Å². The molecule has 0 radical (unpaired) electrons. The van der Waals surface area contributed by atoms with Gasteiger partial charge in [-0.05, 0) is 25.5 Å². The van der Waals surface area contributed by atoms with E-state index in [1.54, 1.807) is 0 Å². The number of hydrogen-bond donors (Lipinski definition) is 3. The van der Waals surface area contributed by atoms with Gasteiger partial charge in [-0.25, -0.2) is 15.8 Å². The number of anilines is 2. The van der Waals surface area contributed by atoms with E-state index in [4.69, 9.17) is 10.6 Å². The molecule has 1 atom stereocenters. The lowest BCUT2D eigenvalue weighted by molar-refractivity contribution is 0.246. The van der Waals surface area contributed by atoms with Crippen LogP contribution in [0.5, 0.6) is 5.75 Å². The molecule has 110 valence electrons. The summed E-state index contributed by atoms with van der Waals surface area (Å²) in [5, 5.41) is 3.33. The van der Waals surface area contributed by atoms with Crippen molar-refractivity contribution in [1.29, 1.82) is 0 Å². The van der Waals surface area contributed by atoms with Crippen molar-refractivity contribution in [1.82, 2.24) is 9.97 Å². The molecule has 0 fully saturated rings. The van der Waals surface area contributed by atoms with Gasteiger partial charge in [0, 0.05) is 12.0 Å². The molecule has 21 heavy (non-hydrogen) atoms. The number of hydrogen-bond acceptors (Lipinski definition) is 6. The quantitative estimate of drug-likeness (QED) is 0.586. The molecule has 3 rings (SSSR count). The maximum atomic E-state index is 5.91. The molecule has 6 heteroatoms. The zero-order valence-corrected chi connectivity index (χ0v) is 12.2. The van der Waals surface area contributed by atoms with Gasteiger partial charge < -0.3 is 15.5 Å². The molecule has 0 aliphatic carbocycles. The fraction of sp³-hybridized carbons (Fsp3) is 0.333. The number of hydrazine groups is 1. The number of aromatic nitrogens is 2. The van der Waals surface area contributed by atoms with E-state index in [9.17, 15) is 0 Å². The van der Waals surface area contributed by atoms with Crippen LogP contribution in [0.1, 0.15) is 17.0 Å². The molecule has 2 heterocycles. The zero-order chi connectivity index (χ0) is 14.8. The first-order valence-corrected chi connectivity index (χ1v) is 6.97. The van der Waals surface area contributed by atoms with Crippen LogP contribution in [0.3, 0.4) is 0 Å². The van der Waals surface area contributed by atoms with Crippen molar-refractivity contribution in [2.75, 3.05) is 17.3 Å². The first-order chi connectivity index (χ1) is 10.2. The summed E-state index contributed by atoms with van der Waals surface area (Å²) in [7, 11) is 0. The number of ether oxygens (including phenoxy) is 1. The van der Waals surface area contributed by atoms with Gasteiger partial charge >= 0.3 is 0 Å². The number of nitrogens with two attached hydrogens (primary N) is 1. The summed E-state index contributed by atoms with van der Waals surface area (Å²) >= 11 is 0. The summed E-state index contributed by atoms with van der Waals surface area (Å²) in [5.74, 6) is 8.55. The molecule has 0 spiro atoms. The second kappa shape index (κ2) is 5.57. The number of rotatable bonds is 4. The van der Waals surface area contributed by atoms with Crippen LogP contribution in [0.15, 0.2) is 24.3 Å². The van der Waals surface area contributed by atoms with E-state index in [1.807, 2.05) is 32.0 Å². The highest BCUT2D eigenvalue weighted by atomic mass is 16.5. The first-order valence-electron chi connectivity index (χ1n) is 6.97. The van der Waals surface area contributed by atoms with Crippen molar-refractivity contribution in [3.05, 3.63) is 41.2 Å². The van der Waals surface area contributed by atoms with E-state index < -0.39 is 0 Å². The van der Waals surface area contributed by atoms with Crippen LogP contribution in [-0.4, -0.2) is 22.6 Å². The Balaban J connectivity index is 1.68. The van der Waals surface area contributed by atoms with Crippen LogP contribution in [0.25, 0.3) is 0 Å². The van der Waals surface area contributed by atoms with E-state index in [0.29, 0.717) is 18.2 Å². The predicted octanol–water partition coefficient (Wildman–Crippen LogP) is 1.79. The fourth-order valence-electron chi connectivity index (χ4n) is 2.52. The highest BCUT2D eigenvalue weighted by Gasteiger charge is 2.22. The third-order valence-corrected chi connectivity index (χ3v) is 3.61. The zero-order valence-electron chi connectivity index (χ0n) is 12.2. The average Bonchev–Trinajstić information content (AvgIpc) is 2.90. The molecule has 6 nitrogen and oxygen atoms in total. The molecule has 1 unspecified atom stereocenters. The Hall–Kier alpha value is -2.34. The molecular weight excluding hydrogens is 266 g/mol. The number of benzene rings is 1. The van der Waals surface area contributed by atoms with Gasteiger partial charge in [0.2, 0.25) is 0 Å². The highest BCUT2D eigenvalue weighted by Crippen LogP contribution is 2.28. The fourth-order valence-corrected chi connectivity index (χ4v) is 2.52. The molecule has 2 aromatic rings. The van der Waals surface area contributed by atoms with Crippen LogP contribution in [-0.2, 0) is 6.42 Å². The minimum atomic E-state index is 0.117. The average molecular weight is 285 g/mol. The highest BCUT2D eigenvalue weighted by molar-refractivity contribution is 5.56. The number of nitrogens with zero attached hydrogens (tertiary/aromatic N) is 2. The molecule has 1 aliphatic heterocycles. The Morgan fingerprint density at radius 3 is 2.76 bits per heavy atom. The number of aryl methyl sites for hydroxylation is 1. The maximum Gasteiger partial charge on any atom is 0.148 e. The van der Waals surface area contributed by atoms with Crippen molar-refractivity contribution in [2.24, 2.45) is 5.84 Å². The Morgan fingerprint density at radius 1 is 1.24 bits per heavy atom. The minimum absolute atomic E-state index is 0.117. The third kappa shape index (κ3) is 2.75. The van der Waals surface area contributed by atoms with Crippen LogP contribution in [0, 0.1) is 13.8 Å². The monoisotopic (exact) mass is 285 g/mol. The van der Waals surface area contributed by atoms with Gasteiger partial charge in [-0.15, -0.1) is 0 Å². The summed E-state index contributed by atoms with van der Waals surface area (Å²) in [6.07, 6.45) is 1.03. The largest absolute Gasteiger partial charge is 0.488 e. The molecule has 1 aliphatic rings. The van der Waals surface area contributed by atoms with Gasteiger partial charge in [0.05, 0.1) is 6.54 Å². The van der Waals surface area contributed by atoms with E-state index in [-0.39, 0.29) is 6.10 Å².